The number of ether oxygens (including phenoxy) is 1. The van der Waals surface area contributed by atoms with Crippen LogP contribution >= 0.6 is 0 Å². The third kappa shape index (κ3) is 2.48. The lowest BCUT2D eigenvalue weighted by atomic mass is 10.1. The first-order valence-electron chi connectivity index (χ1n) is 7.01. The molecule has 0 unspecified atom stereocenters. The lowest BCUT2D eigenvalue weighted by Gasteiger charge is -2.12. The summed E-state index contributed by atoms with van der Waals surface area (Å²) >= 11 is 0. The fourth-order valence-corrected chi connectivity index (χ4v) is 2.75. The van der Waals surface area contributed by atoms with Crippen LogP contribution in [0.25, 0.3) is 11.2 Å². The number of nitrogens with two attached hydrogens (primary N) is 1. The minimum absolute atomic E-state index is 0.118. The molecule has 0 radical (unpaired) electrons. The molecule has 1 fully saturated rings. The standard InChI is InChI=1S/C12H17N5O6/c13-12-14-9-6(10(22)15-12)16(1-2-18)4-17(9)11-8(21)7(20)5(3-19)23-11/h4-5,7-8,11,18-21H,1-3H2,(H2-,13,14,15,22)/p+1/t5-,7+,8+,11+/m0/s1. The molecular weight excluding hydrogens is 310 g/mol. The first-order chi connectivity index (χ1) is 11.0. The number of hydrogen-bond donors (Lipinski definition) is 6. The van der Waals surface area contributed by atoms with Crippen LogP contribution in [0.4, 0.5) is 5.95 Å². The van der Waals surface area contributed by atoms with E-state index in [0.29, 0.717) is 0 Å². The molecule has 126 valence electrons. The van der Waals surface area contributed by atoms with Gasteiger partial charge in [-0.05, 0) is 0 Å². The summed E-state index contributed by atoms with van der Waals surface area (Å²) < 4.78 is 8.23. The Labute approximate surface area is 129 Å². The lowest BCUT2D eigenvalue weighted by Crippen LogP contribution is -2.46. The molecule has 2 aromatic rings. The number of imidazole rings is 1. The maximum Gasteiger partial charge on any atom is 0.313 e. The van der Waals surface area contributed by atoms with Gasteiger partial charge in [-0.3, -0.25) is 14.3 Å². The Morgan fingerprint density at radius 1 is 1.39 bits per heavy atom. The second-order valence-corrected chi connectivity index (χ2v) is 5.29. The summed E-state index contributed by atoms with van der Waals surface area (Å²) in [5, 5.41) is 38.3. The van der Waals surface area contributed by atoms with Gasteiger partial charge in [0.05, 0.1) is 19.8 Å². The van der Waals surface area contributed by atoms with Crippen molar-refractivity contribution >= 4 is 17.1 Å². The highest BCUT2D eigenvalue weighted by Gasteiger charge is 2.46. The third-order valence-electron chi connectivity index (χ3n) is 3.82. The monoisotopic (exact) mass is 328 g/mol. The van der Waals surface area contributed by atoms with Crippen molar-refractivity contribution in [2.45, 2.75) is 31.1 Å². The van der Waals surface area contributed by atoms with Crippen LogP contribution in [-0.4, -0.2) is 66.5 Å². The number of aromatic nitrogens is 4. The molecule has 7 N–H and O–H groups in total. The van der Waals surface area contributed by atoms with Crippen LogP contribution in [-0.2, 0) is 11.3 Å². The van der Waals surface area contributed by atoms with Gasteiger partial charge in [-0.25, -0.2) is 4.57 Å². The molecule has 3 rings (SSSR count). The summed E-state index contributed by atoms with van der Waals surface area (Å²) in [7, 11) is 0. The van der Waals surface area contributed by atoms with Crippen molar-refractivity contribution in [2.75, 3.05) is 18.9 Å². The molecule has 1 aliphatic rings. The molecule has 0 saturated carbocycles. The van der Waals surface area contributed by atoms with E-state index in [4.69, 9.17) is 15.6 Å². The van der Waals surface area contributed by atoms with Crippen LogP contribution < -0.4 is 15.9 Å². The zero-order chi connectivity index (χ0) is 16.7. The summed E-state index contributed by atoms with van der Waals surface area (Å²) in [6.07, 6.45) is -3.19. The van der Waals surface area contributed by atoms with Gasteiger partial charge in [-0.1, -0.05) is 4.98 Å². The van der Waals surface area contributed by atoms with E-state index < -0.39 is 36.7 Å². The smallest absolute Gasteiger partial charge is 0.313 e. The van der Waals surface area contributed by atoms with Crippen molar-refractivity contribution in [3.05, 3.63) is 16.7 Å². The van der Waals surface area contributed by atoms with Gasteiger partial charge in [0.25, 0.3) is 11.5 Å². The van der Waals surface area contributed by atoms with Gasteiger partial charge in [0.15, 0.2) is 6.33 Å². The van der Waals surface area contributed by atoms with Crippen LogP contribution in [0.2, 0.25) is 0 Å². The second-order valence-electron chi connectivity index (χ2n) is 5.29. The van der Waals surface area contributed by atoms with Crippen molar-refractivity contribution < 1.29 is 29.7 Å². The topological polar surface area (TPSA) is 171 Å². The van der Waals surface area contributed by atoms with E-state index in [-0.39, 0.29) is 30.3 Å². The van der Waals surface area contributed by atoms with Gasteiger partial charge in [0.2, 0.25) is 11.7 Å². The number of hydrogen-bond acceptors (Lipinski definition) is 8. The number of nitrogens with zero attached hydrogens (tertiary/aromatic N) is 3. The Balaban J connectivity index is 2.16. The molecule has 0 aromatic carbocycles. The molecule has 0 spiro atoms. The van der Waals surface area contributed by atoms with Crippen molar-refractivity contribution in [1.29, 1.82) is 0 Å². The largest absolute Gasteiger partial charge is 0.394 e. The molecular formula is C12H18N5O6+. The number of nitrogens with one attached hydrogen (secondary N) is 1. The molecule has 0 bridgehead atoms. The van der Waals surface area contributed by atoms with Crippen LogP contribution in [0.3, 0.4) is 0 Å². The Bertz CT molecular complexity index is 773. The van der Waals surface area contributed by atoms with Gasteiger partial charge in [0, 0.05) is 0 Å². The van der Waals surface area contributed by atoms with Crippen LogP contribution in [0.5, 0.6) is 0 Å². The first kappa shape index (κ1) is 15.8. The quantitative estimate of drug-likeness (QED) is 0.310. The summed E-state index contributed by atoms with van der Waals surface area (Å²) in [6.45, 7) is -0.572. The van der Waals surface area contributed by atoms with Crippen molar-refractivity contribution in [3.8, 4) is 0 Å². The number of aliphatic hydroxyl groups is 4. The molecule has 4 atom stereocenters. The summed E-state index contributed by atoms with van der Waals surface area (Å²) in [4.78, 5) is 18.5. The fourth-order valence-electron chi connectivity index (χ4n) is 2.75. The Morgan fingerprint density at radius 2 is 2.13 bits per heavy atom. The third-order valence-corrected chi connectivity index (χ3v) is 3.82. The number of anilines is 1. The van der Waals surface area contributed by atoms with Gasteiger partial charge >= 0.3 is 5.65 Å². The fraction of sp³-hybridized carbons (Fsp3) is 0.583. The Hall–Kier alpha value is -2.05. The predicted octanol–water partition coefficient (Wildman–Crippen LogP) is -3.80. The predicted molar refractivity (Wildman–Crippen MR) is 75.1 cm³/mol. The minimum atomic E-state index is -1.33. The molecule has 3 heterocycles. The number of fused-ring (bicyclic) bond motifs is 1. The van der Waals surface area contributed by atoms with E-state index in [1.54, 1.807) is 0 Å². The van der Waals surface area contributed by atoms with Crippen LogP contribution in [0, 0.1) is 0 Å². The number of H-pyrrole nitrogens is 1. The maximum atomic E-state index is 12.1. The average Bonchev–Trinajstić information content (AvgIpc) is 2.99. The summed E-state index contributed by atoms with van der Waals surface area (Å²) in [5.41, 5.74) is 5.33. The molecule has 2 aromatic heterocycles. The Morgan fingerprint density at radius 3 is 2.74 bits per heavy atom. The van der Waals surface area contributed by atoms with Gasteiger partial charge in [-0.15, -0.1) is 0 Å². The van der Waals surface area contributed by atoms with E-state index in [1.807, 2.05) is 0 Å². The zero-order valence-corrected chi connectivity index (χ0v) is 12.0. The Kier molecular flexibility index (Phi) is 4.04. The average molecular weight is 328 g/mol. The van der Waals surface area contributed by atoms with Gasteiger partial charge in [0.1, 0.15) is 18.3 Å². The number of nitrogen functional groups attached to an aromatic ring is 1. The van der Waals surface area contributed by atoms with E-state index in [2.05, 4.69) is 9.97 Å². The second kappa shape index (κ2) is 5.86. The van der Waals surface area contributed by atoms with E-state index in [0.717, 1.165) is 0 Å². The molecule has 0 aliphatic carbocycles. The lowest BCUT2D eigenvalue weighted by molar-refractivity contribution is -0.746. The highest BCUT2D eigenvalue weighted by molar-refractivity contribution is 5.67. The maximum absolute atomic E-state index is 12.1. The van der Waals surface area contributed by atoms with E-state index >= 15 is 0 Å². The van der Waals surface area contributed by atoms with E-state index in [1.165, 1.54) is 15.5 Å². The highest BCUT2D eigenvalue weighted by Crippen LogP contribution is 2.26. The van der Waals surface area contributed by atoms with Crippen LogP contribution in [0.15, 0.2) is 11.1 Å². The molecule has 11 heteroatoms. The minimum Gasteiger partial charge on any atom is -0.394 e. The van der Waals surface area contributed by atoms with Crippen molar-refractivity contribution in [1.82, 2.24) is 14.5 Å². The number of aromatic amines is 1. The van der Waals surface area contributed by atoms with Gasteiger partial charge < -0.3 is 30.9 Å². The highest BCUT2D eigenvalue weighted by atomic mass is 16.6. The number of aliphatic hydroxyl groups excluding tert-OH is 4. The summed E-state index contributed by atoms with van der Waals surface area (Å²) in [5.74, 6) is -0.121. The van der Waals surface area contributed by atoms with Crippen molar-refractivity contribution in [3.63, 3.8) is 0 Å². The summed E-state index contributed by atoms with van der Waals surface area (Å²) in [6, 6.07) is 0. The van der Waals surface area contributed by atoms with Gasteiger partial charge in [-0.2, -0.15) is 0 Å². The van der Waals surface area contributed by atoms with E-state index in [9.17, 15) is 20.1 Å². The number of rotatable bonds is 4. The molecule has 11 nitrogen and oxygen atoms in total. The SMILES string of the molecule is Nc1nc2c(c(=O)[nH]1)n(CCO)c[n+]2[C@@H]1O[C@@H](CO)[C@@H](O)[C@H]1O. The molecule has 1 saturated heterocycles. The molecule has 0 amide bonds. The molecule has 1 aliphatic heterocycles. The zero-order valence-electron chi connectivity index (χ0n) is 12.0. The first-order valence-corrected chi connectivity index (χ1v) is 7.01. The molecule has 23 heavy (non-hydrogen) atoms. The van der Waals surface area contributed by atoms with Crippen LogP contribution in [0.1, 0.15) is 6.23 Å². The normalized spacial score (nSPS) is 27.8. The van der Waals surface area contributed by atoms with Crippen molar-refractivity contribution in [2.24, 2.45) is 0 Å².